The second-order valence-corrected chi connectivity index (χ2v) is 8.40. The molecule has 0 unspecified atom stereocenters. The first-order valence-corrected chi connectivity index (χ1v) is 10.7. The molecule has 1 heterocycles. The smallest absolute Gasteiger partial charge is 0.227 e. The Morgan fingerprint density at radius 1 is 1.29 bits per heavy atom. The largest absolute Gasteiger partial charge is 0.357 e. The van der Waals surface area contributed by atoms with E-state index in [-0.39, 0.29) is 11.8 Å². The third-order valence-electron chi connectivity index (χ3n) is 4.85. The average molecular weight is 400 g/mol. The van der Waals surface area contributed by atoms with Crippen LogP contribution in [0.3, 0.4) is 0 Å². The van der Waals surface area contributed by atoms with E-state index < -0.39 is 0 Å². The number of nitrogens with zero attached hydrogens (tertiary/aromatic N) is 2. The van der Waals surface area contributed by atoms with Crippen LogP contribution in [0.15, 0.2) is 29.3 Å². The lowest BCUT2D eigenvalue weighted by molar-refractivity contribution is -0.122. The number of hydrogen-bond donors (Lipinski definition) is 3. The van der Waals surface area contributed by atoms with E-state index in [1.807, 2.05) is 38.1 Å². The number of amides is 1. The lowest BCUT2D eigenvalue weighted by atomic mass is 9.85. The number of hydrogen-bond acceptors (Lipinski definition) is 4. The minimum absolute atomic E-state index is 0.136. The summed E-state index contributed by atoms with van der Waals surface area (Å²) in [6.07, 6.45) is 3.17. The van der Waals surface area contributed by atoms with E-state index in [0.717, 1.165) is 53.7 Å². The molecule has 0 saturated heterocycles. The molecule has 0 atom stereocenters. The topological polar surface area (TPSA) is 78.4 Å². The van der Waals surface area contributed by atoms with E-state index in [1.54, 1.807) is 11.3 Å². The first kappa shape index (κ1) is 20.3. The number of anilines is 1. The number of aryl methyl sites for hydroxylation is 2. The summed E-state index contributed by atoms with van der Waals surface area (Å²) in [5, 5.41) is 10.8. The van der Waals surface area contributed by atoms with Crippen LogP contribution < -0.4 is 16.0 Å². The van der Waals surface area contributed by atoms with E-state index >= 15 is 0 Å². The minimum atomic E-state index is 0.136. The van der Waals surface area contributed by atoms with Crippen LogP contribution in [0.2, 0.25) is 0 Å². The molecule has 1 amide bonds. The van der Waals surface area contributed by atoms with Crippen LogP contribution in [-0.4, -0.2) is 23.4 Å². The summed E-state index contributed by atoms with van der Waals surface area (Å²) in [4.78, 5) is 22.5. The van der Waals surface area contributed by atoms with E-state index in [1.165, 1.54) is 4.88 Å². The van der Waals surface area contributed by atoms with Crippen molar-refractivity contribution in [3.63, 3.8) is 0 Å². The molecule has 1 aromatic heterocycles. The summed E-state index contributed by atoms with van der Waals surface area (Å²) in [6, 6.07) is 7.93. The van der Waals surface area contributed by atoms with Gasteiger partial charge in [-0.3, -0.25) is 4.79 Å². The SMILES string of the molecule is CCNC(=NCc1cccc(NC(=O)C2CCC2)c1)NCc1sc(C)nc1C. The molecule has 1 fully saturated rings. The Kier molecular flexibility index (Phi) is 7.03. The zero-order valence-electron chi connectivity index (χ0n) is 16.8. The van der Waals surface area contributed by atoms with Crippen LogP contribution in [0.1, 0.15) is 47.3 Å². The fraction of sp³-hybridized carbons (Fsp3) is 0.476. The monoisotopic (exact) mass is 399 g/mol. The van der Waals surface area contributed by atoms with Gasteiger partial charge in [-0.1, -0.05) is 18.6 Å². The lowest BCUT2D eigenvalue weighted by Gasteiger charge is -2.24. The molecule has 7 heteroatoms. The van der Waals surface area contributed by atoms with Crippen molar-refractivity contribution in [1.82, 2.24) is 15.6 Å². The van der Waals surface area contributed by atoms with Gasteiger partial charge in [0.1, 0.15) is 0 Å². The molecule has 0 spiro atoms. The second kappa shape index (κ2) is 9.68. The van der Waals surface area contributed by atoms with E-state index in [0.29, 0.717) is 13.1 Å². The highest BCUT2D eigenvalue weighted by Crippen LogP contribution is 2.27. The van der Waals surface area contributed by atoms with Crippen LogP contribution in [0.4, 0.5) is 5.69 Å². The van der Waals surface area contributed by atoms with Gasteiger partial charge in [0.05, 0.1) is 23.8 Å². The Labute approximate surface area is 170 Å². The van der Waals surface area contributed by atoms with Gasteiger partial charge in [-0.25, -0.2) is 9.98 Å². The second-order valence-electron chi connectivity index (χ2n) is 7.11. The Morgan fingerprint density at radius 3 is 2.75 bits per heavy atom. The number of nitrogens with one attached hydrogen (secondary N) is 3. The van der Waals surface area contributed by atoms with Crippen LogP contribution in [-0.2, 0) is 17.9 Å². The van der Waals surface area contributed by atoms with Gasteiger partial charge in [0, 0.05) is 23.0 Å². The minimum Gasteiger partial charge on any atom is -0.357 e. The van der Waals surface area contributed by atoms with Crippen LogP contribution in [0, 0.1) is 19.8 Å². The van der Waals surface area contributed by atoms with Gasteiger partial charge in [-0.05, 0) is 51.3 Å². The molecule has 1 aromatic carbocycles. The standard InChI is InChI=1S/C21H29N5OS/c1-4-22-21(24-13-19-14(2)25-15(3)28-19)23-12-16-7-5-10-18(11-16)26-20(27)17-8-6-9-17/h5,7,10-11,17H,4,6,8-9,12-13H2,1-3H3,(H,26,27)(H2,22,23,24). The number of thiazole rings is 1. The molecule has 2 aromatic rings. The lowest BCUT2D eigenvalue weighted by Crippen LogP contribution is -2.36. The van der Waals surface area contributed by atoms with Crippen LogP contribution in [0.25, 0.3) is 0 Å². The maximum Gasteiger partial charge on any atom is 0.227 e. The van der Waals surface area contributed by atoms with Crippen molar-refractivity contribution >= 4 is 28.9 Å². The number of aliphatic imine (C=N–C) groups is 1. The molecular formula is C21H29N5OS. The van der Waals surface area contributed by atoms with Crippen molar-refractivity contribution in [2.24, 2.45) is 10.9 Å². The maximum atomic E-state index is 12.1. The van der Waals surface area contributed by atoms with Crippen molar-refractivity contribution in [3.8, 4) is 0 Å². The first-order valence-electron chi connectivity index (χ1n) is 9.90. The number of aromatic nitrogens is 1. The molecular weight excluding hydrogens is 370 g/mol. The summed E-state index contributed by atoms with van der Waals surface area (Å²) in [5.74, 6) is 1.10. The first-order chi connectivity index (χ1) is 13.5. The molecule has 1 aliphatic carbocycles. The normalized spacial score (nSPS) is 14.5. The van der Waals surface area contributed by atoms with Gasteiger partial charge in [0.15, 0.2) is 5.96 Å². The Morgan fingerprint density at radius 2 is 2.11 bits per heavy atom. The van der Waals surface area contributed by atoms with Crippen molar-refractivity contribution in [1.29, 1.82) is 0 Å². The summed E-state index contributed by atoms with van der Waals surface area (Å²) in [5.41, 5.74) is 2.98. The van der Waals surface area contributed by atoms with Gasteiger partial charge in [-0.15, -0.1) is 11.3 Å². The number of rotatable bonds is 7. The number of carbonyl (C=O) groups is 1. The number of benzene rings is 1. The highest BCUT2D eigenvalue weighted by atomic mass is 32.1. The predicted octanol–water partition coefficient (Wildman–Crippen LogP) is 3.75. The summed E-state index contributed by atoms with van der Waals surface area (Å²) < 4.78 is 0. The van der Waals surface area contributed by atoms with Crippen molar-refractivity contribution in [2.75, 3.05) is 11.9 Å². The molecule has 1 aliphatic rings. The Bertz CT molecular complexity index is 841. The van der Waals surface area contributed by atoms with Gasteiger partial charge < -0.3 is 16.0 Å². The van der Waals surface area contributed by atoms with Gasteiger partial charge in [0.2, 0.25) is 5.91 Å². The molecule has 6 nitrogen and oxygen atoms in total. The number of carbonyl (C=O) groups excluding carboxylic acids is 1. The molecule has 0 radical (unpaired) electrons. The predicted molar refractivity (Wildman–Crippen MR) is 116 cm³/mol. The van der Waals surface area contributed by atoms with Crippen molar-refractivity contribution < 1.29 is 4.79 Å². The molecule has 0 aliphatic heterocycles. The maximum absolute atomic E-state index is 12.1. The summed E-state index contributed by atoms with van der Waals surface area (Å²) in [7, 11) is 0. The molecule has 3 N–H and O–H groups in total. The third kappa shape index (κ3) is 5.55. The molecule has 28 heavy (non-hydrogen) atoms. The third-order valence-corrected chi connectivity index (χ3v) is 5.92. The van der Waals surface area contributed by atoms with E-state index in [2.05, 4.69) is 32.9 Å². The Balaban J connectivity index is 1.59. The fourth-order valence-corrected chi connectivity index (χ4v) is 3.95. The van der Waals surface area contributed by atoms with E-state index in [4.69, 9.17) is 0 Å². The van der Waals surface area contributed by atoms with Crippen molar-refractivity contribution in [3.05, 3.63) is 45.4 Å². The average Bonchev–Trinajstić information content (AvgIpc) is 2.93. The molecule has 150 valence electrons. The summed E-state index contributed by atoms with van der Waals surface area (Å²) >= 11 is 1.71. The van der Waals surface area contributed by atoms with Gasteiger partial charge in [-0.2, -0.15) is 0 Å². The van der Waals surface area contributed by atoms with Gasteiger partial charge >= 0.3 is 0 Å². The summed E-state index contributed by atoms with van der Waals surface area (Å²) in [6.45, 7) is 8.16. The Hall–Kier alpha value is -2.41. The van der Waals surface area contributed by atoms with Crippen LogP contribution >= 0.6 is 11.3 Å². The van der Waals surface area contributed by atoms with Crippen LogP contribution in [0.5, 0.6) is 0 Å². The quantitative estimate of drug-likeness (QED) is 0.489. The zero-order valence-corrected chi connectivity index (χ0v) is 17.7. The fourth-order valence-electron chi connectivity index (χ4n) is 3.08. The number of guanidine groups is 1. The zero-order chi connectivity index (χ0) is 19.9. The van der Waals surface area contributed by atoms with Gasteiger partial charge in [0.25, 0.3) is 0 Å². The highest BCUT2D eigenvalue weighted by Gasteiger charge is 2.25. The van der Waals surface area contributed by atoms with E-state index in [9.17, 15) is 4.79 Å². The molecule has 3 rings (SSSR count). The molecule has 0 bridgehead atoms. The molecule has 1 saturated carbocycles. The highest BCUT2D eigenvalue weighted by molar-refractivity contribution is 7.11. The van der Waals surface area contributed by atoms with Crippen molar-refractivity contribution in [2.45, 2.75) is 53.1 Å².